The predicted molar refractivity (Wildman–Crippen MR) is 67.3 cm³/mol. The molecule has 94 valence electrons. The third kappa shape index (κ3) is 2.75. The van der Waals surface area contributed by atoms with Gasteiger partial charge in [-0.25, -0.2) is 8.42 Å². The molecule has 0 aromatic heterocycles. The second kappa shape index (κ2) is 4.86. The van der Waals surface area contributed by atoms with Gasteiger partial charge in [-0.05, 0) is 48.9 Å². The Morgan fingerprint density at radius 1 is 1.12 bits per heavy atom. The van der Waals surface area contributed by atoms with Gasteiger partial charge in [0.25, 0.3) is 9.05 Å². The molecule has 0 saturated carbocycles. The predicted octanol–water partition coefficient (Wildman–Crippen LogP) is 2.89. The van der Waals surface area contributed by atoms with E-state index in [1.165, 1.54) is 19.1 Å². The number of benzene rings is 1. The molecule has 1 aromatic rings. The van der Waals surface area contributed by atoms with Crippen molar-refractivity contribution in [1.82, 2.24) is 0 Å². The summed E-state index contributed by atoms with van der Waals surface area (Å²) in [6, 6.07) is 3.48. The molecule has 17 heavy (non-hydrogen) atoms. The molecule has 2 rings (SSSR count). The van der Waals surface area contributed by atoms with E-state index < -0.39 is 9.05 Å². The lowest BCUT2D eigenvalue weighted by atomic mass is 10.0. The van der Waals surface area contributed by atoms with Gasteiger partial charge in [0.1, 0.15) is 10.6 Å². The molecule has 1 aromatic carbocycles. The van der Waals surface area contributed by atoms with Crippen LogP contribution in [0, 0.1) is 0 Å². The number of ether oxygens (including phenoxy) is 1. The van der Waals surface area contributed by atoms with Gasteiger partial charge in [0, 0.05) is 10.7 Å². The van der Waals surface area contributed by atoms with Crippen LogP contribution in [0.25, 0.3) is 0 Å². The maximum atomic E-state index is 11.5. The summed E-state index contributed by atoms with van der Waals surface area (Å²) in [6.45, 7) is 0. The van der Waals surface area contributed by atoms with E-state index in [1.807, 2.05) is 6.07 Å². The maximum absolute atomic E-state index is 11.5. The lowest BCUT2D eigenvalue weighted by molar-refractivity contribution is 0.402. The maximum Gasteiger partial charge on any atom is 0.264 e. The molecule has 0 fully saturated rings. The Kier molecular flexibility index (Phi) is 3.64. The molecule has 1 aliphatic rings. The van der Waals surface area contributed by atoms with Gasteiger partial charge in [0.2, 0.25) is 0 Å². The van der Waals surface area contributed by atoms with Crippen molar-refractivity contribution < 1.29 is 13.2 Å². The average Bonchev–Trinajstić information content (AvgIpc) is 2.50. The van der Waals surface area contributed by atoms with Crippen molar-refractivity contribution in [2.24, 2.45) is 0 Å². The molecule has 1 aliphatic carbocycles. The van der Waals surface area contributed by atoms with E-state index in [0.717, 1.165) is 31.2 Å². The van der Waals surface area contributed by atoms with Crippen molar-refractivity contribution in [3.8, 4) is 5.75 Å². The zero-order valence-corrected chi connectivity index (χ0v) is 11.3. The van der Waals surface area contributed by atoms with Gasteiger partial charge in [-0.3, -0.25) is 0 Å². The molecule has 0 aliphatic heterocycles. The molecule has 0 heterocycles. The molecule has 5 heteroatoms. The molecule has 0 bridgehead atoms. The highest BCUT2D eigenvalue weighted by atomic mass is 35.7. The molecular formula is C12H15ClO3S. The standard InChI is InChI=1S/C12H15ClO3S/c1-16-11-7-9-5-3-2-4-6-10(9)8-12(11)17(13,14)15/h7-8H,2-6H2,1H3. The SMILES string of the molecule is COc1cc2c(cc1S(=O)(=O)Cl)CCCCC2. The van der Waals surface area contributed by atoms with Gasteiger partial charge in [0.15, 0.2) is 0 Å². The summed E-state index contributed by atoms with van der Waals surface area (Å²) >= 11 is 0. The lowest BCUT2D eigenvalue weighted by Gasteiger charge is -2.11. The molecule has 0 radical (unpaired) electrons. The number of rotatable bonds is 2. The van der Waals surface area contributed by atoms with Crippen LogP contribution in [-0.4, -0.2) is 15.5 Å². The Labute approximate surface area is 106 Å². The smallest absolute Gasteiger partial charge is 0.264 e. The Hall–Kier alpha value is -0.740. The topological polar surface area (TPSA) is 43.4 Å². The third-order valence-corrected chi connectivity index (χ3v) is 4.48. The van der Waals surface area contributed by atoms with Crippen LogP contribution in [0.2, 0.25) is 0 Å². The fourth-order valence-corrected chi connectivity index (χ4v) is 3.29. The first kappa shape index (κ1) is 12.7. The summed E-state index contributed by atoms with van der Waals surface area (Å²) in [6.07, 6.45) is 5.32. The second-order valence-corrected chi connectivity index (χ2v) is 6.80. The van der Waals surface area contributed by atoms with E-state index in [9.17, 15) is 8.42 Å². The zero-order valence-electron chi connectivity index (χ0n) is 9.70. The second-order valence-electron chi connectivity index (χ2n) is 4.27. The Morgan fingerprint density at radius 3 is 2.24 bits per heavy atom. The molecule has 0 saturated heterocycles. The van der Waals surface area contributed by atoms with Crippen LogP contribution in [-0.2, 0) is 21.9 Å². The number of methoxy groups -OCH3 is 1. The van der Waals surface area contributed by atoms with E-state index in [4.69, 9.17) is 15.4 Å². The van der Waals surface area contributed by atoms with Gasteiger partial charge < -0.3 is 4.74 Å². The molecule has 0 spiro atoms. The van der Waals surface area contributed by atoms with Crippen LogP contribution < -0.4 is 4.74 Å². The van der Waals surface area contributed by atoms with E-state index in [-0.39, 0.29) is 4.90 Å². The number of fused-ring (bicyclic) bond motifs is 1. The van der Waals surface area contributed by atoms with Crippen molar-refractivity contribution in [3.05, 3.63) is 23.3 Å². The number of halogens is 1. The van der Waals surface area contributed by atoms with E-state index in [2.05, 4.69) is 0 Å². The molecule has 0 unspecified atom stereocenters. The molecule has 0 amide bonds. The molecule has 0 atom stereocenters. The molecule has 0 N–H and O–H groups in total. The fraction of sp³-hybridized carbons (Fsp3) is 0.500. The zero-order chi connectivity index (χ0) is 12.5. The van der Waals surface area contributed by atoms with Crippen molar-refractivity contribution >= 4 is 19.7 Å². The van der Waals surface area contributed by atoms with Crippen LogP contribution in [0.15, 0.2) is 17.0 Å². The highest BCUT2D eigenvalue weighted by Crippen LogP contribution is 2.33. The highest BCUT2D eigenvalue weighted by Gasteiger charge is 2.20. The van der Waals surface area contributed by atoms with Crippen LogP contribution in [0.5, 0.6) is 5.75 Å². The summed E-state index contributed by atoms with van der Waals surface area (Å²) in [5, 5.41) is 0. The lowest BCUT2D eigenvalue weighted by Crippen LogP contribution is -2.01. The first-order chi connectivity index (χ1) is 8.02. The molecular weight excluding hydrogens is 260 g/mol. The number of aryl methyl sites for hydroxylation is 2. The van der Waals surface area contributed by atoms with Crippen molar-refractivity contribution in [1.29, 1.82) is 0 Å². The van der Waals surface area contributed by atoms with E-state index in [0.29, 0.717) is 5.75 Å². The largest absolute Gasteiger partial charge is 0.495 e. The van der Waals surface area contributed by atoms with Gasteiger partial charge >= 0.3 is 0 Å². The fourth-order valence-electron chi connectivity index (χ4n) is 2.27. The van der Waals surface area contributed by atoms with Gasteiger partial charge in [0.05, 0.1) is 7.11 Å². The van der Waals surface area contributed by atoms with E-state index in [1.54, 1.807) is 6.07 Å². The minimum Gasteiger partial charge on any atom is -0.495 e. The van der Waals surface area contributed by atoms with Crippen LogP contribution in [0.3, 0.4) is 0 Å². The van der Waals surface area contributed by atoms with Crippen molar-refractivity contribution in [3.63, 3.8) is 0 Å². The summed E-state index contributed by atoms with van der Waals surface area (Å²) in [5.74, 6) is 0.348. The number of hydrogen-bond acceptors (Lipinski definition) is 3. The summed E-state index contributed by atoms with van der Waals surface area (Å²) in [5.41, 5.74) is 2.27. The van der Waals surface area contributed by atoms with E-state index >= 15 is 0 Å². The average molecular weight is 275 g/mol. The van der Waals surface area contributed by atoms with Crippen LogP contribution >= 0.6 is 10.7 Å². The van der Waals surface area contributed by atoms with Crippen LogP contribution in [0.4, 0.5) is 0 Å². The first-order valence-electron chi connectivity index (χ1n) is 5.67. The monoisotopic (exact) mass is 274 g/mol. The van der Waals surface area contributed by atoms with Crippen molar-refractivity contribution in [2.75, 3.05) is 7.11 Å². The van der Waals surface area contributed by atoms with Crippen LogP contribution in [0.1, 0.15) is 30.4 Å². The quantitative estimate of drug-likeness (QED) is 0.615. The minimum absolute atomic E-state index is 0.0855. The Bertz CT molecular complexity index is 523. The van der Waals surface area contributed by atoms with Gasteiger partial charge in [-0.1, -0.05) is 6.42 Å². The summed E-state index contributed by atoms with van der Waals surface area (Å²) < 4.78 is 28.1. The Balaban J connectivity index is 2.58. The van der Waals surface area contributed by atoms with Gasteiger partial charge in [-0.2, -0.15) is 0 Å². The normalized spacial score (nSPS) is 16.1. The van der Waals surface area contributed by atoms with Gasteiger partial charge in [-0.15, -0.1) is 0 Å². The summed E-state index contributed by atoms with van der Waals surface area (Å²) in [7, 11) is 3.14. The third-order valence-electron chi connectivity index (χ3n) is 3.14. The molecule has 3 nitrogen and oxygen atoms in total. The Morgan fingerprint density at radius 2 is 1.71 bits per heavy atom. The number of hydrogen-bond donors (Lipinski definition) is 0. The highest BCUT2D eigenvalue weighted by molar-refractivity contribution is 8.13. The first-order valence-corrected chi connectivity index (χ1v) is 7.98. The summed E-state index contributed by atoms with van der Waals surface area (Å²) in [4.78, 5) is 0.0855. The van der Waals surface area contributed by atoms with Crippen molar-refractivity contribution in [2.45, 2.75) is 37.0 Å². The minimum atomic E-state index is -3.74.